The molecule has 0 aromatic carbocycles. The normalized spacial score (nSPS) is 23.5. The van der Waals surface area contributed by atoms with Gasteiger partial charge in [-0.25, -0.2) is 4.79 Å². The van der Waals surface area contributed by atoms with Gasteiger partial charge < -0.3 is 14.7 Å². The summed E-state index contributed by atoms with van der Waals surface area (Å²) in [4.78, 5) is 27.2. The molecule has 1 aliphatic rings. The van der Waals surface area contributed by atoms with Crippen molar-refractivity contribution in [2.75, 3.05) is 20.1 Å². The quantitative estimate of drug-likeness (QED) is 0.863. The first kappa shape index (κ1) is 17.8. The molecule has 21 heavy (non-hydrogen) atoms. The Balaban J connectivity index is 2.84. The maximum absolute atomic E-state index is 12.2. The molecule has 0 spiro atoms. The first-order valence-electron chi connectivity index (χ1n) is 7.44. The Morgan fingerprint density at radius 1 is 1.29 bits per heavy atom. The number of nitrogens with zero attached hydrogens (tertiary/aromatic N) is 2. The summed E-state index contributed by atoms with van der Waals surface area (Å²) >= 11 is 0. The van der Waals surface area contributed by atoms with Crippen LogP contribution >= 0.6 is 0 Å². The van der Waals surface area contributed by atoms with Crippen molar-refractivity contribution in [3.8, 4) is 0 Å². The molecule has 0 bridgehead atoms. The number of likely N-dealkylation sites (tertiary alicyclic amines) is 1. The van der Waals surface area contributed by atoms with Crippen LogP contribution in [0.15, 0.2) is 0 Å². The number of hydrogen-bond acceptors (Lipinski definition) is 4. The largest absolute Gasteiger partial charge is 0.481 e. The number of carbonyl (C=O) groups excluding carboxylic acids is 1. The SMILES string of the molecule is CC(C)N(C)[C@@H]1C[C@@H](C(=O)O)CN(C(=O)OC(C)(C)C)C1. The Morgan fingerprint density at radius 3 is 2.29 bits per heavy atom. The van der Waals surface area contributed by atoms with Crippen molar-refractivity contribution in [3.63, 3.8) is 0 Å². The average Bonchev–Trinajstić information content (AvgIpc) is 2.35. The van der Waals surface area contributed by atoms with Gasteiger partial charge in [0, 0.05) is 25.2 Å². The topological polar surface area (TPSA) is 70.1 Å². The third-order valence-corrected chi connectivity index (χ3v) is 3.82. The van der Waals surface area contributed by atoms with Gasteiger partial charge in [0.1, 0.15) is 5.60 Å². The van der Waals surface area contributed by atoms with Crippen LogP contribution in [0, 0.1) is 5.92 Å². The molecule has 0 aromatic rings. The lowest BCUT2D eigenvalue weighted by Crippen LogP contribution is -2.55. The van der Waals surface area contributed by atoms with Gasteiger partial charge in [0.05, 0.1) is 5.92 Å². The van der Waals surface area contributed by atoms with Crippen molar-refractivity contribution in [2.24, 2.45) is 5.92 Å². The third kappa shape index (κ3) is 5.19. The van der Waals surface area contributed by atoms with E-state index < -0.39 is 23.6 Å². The van der Waals surface area contributed by atoms with Crippen LogP contribution in [0.1, 0.15) is 41.0 Å². The van der Waals surface area contributed by atoms with E-state index in [1.165, 1.54) is 4.90 Å². The lowest BCUT2D eigenvalue weighted by Gasteiger charge is -2.41. The molecule has 2 atom stereocenters. The van der Waals surface area contributed by atoms with Crippen molar-refractivity contribution in [1.29, 1.82) is 0 Å². The van der Waals surface area contributed by atoms with E-state index >= 15 is 0 Å². The van der Waals surface area contributed by atoms with Crippen LogP contribution in [0.5, 0.6) is 0 Å². The Hall–Kier alpha value is -1.30. The minimum Gasteiger partial charge on any atom is -0.481 e. The lowest BCUT2D eigenvalue weighted by molar-refractivity contribution is -0.144. The van der Waals surface area contributed by atoms with Gasteiger partial charge in [0.25, 0.3) is 0 Å². The van der Waals surface area contributed by atoms with Crippen molar-refractivity contribution in [3.05, 3.63) is 0 Å². The van der Waals surface area contributed by atoms with Crippen molar-refractivity contribution >= 4 is 12.1 Å². The fraction of sp³-hybridized carbons (Fsp3) is 0.867. The number of hydrogen-bond donors (Lipinski definition) is 1. The summed E-state index contributed by atoms with van der Waals surface area (Å²) in [6, 6.07) is 0.329. The maximum atomic E-state index is 12.2. The summed E-state index contributed by atoms with van der Waals surface area (Å²) in [6.45, 7) is 10.3. The molecule has 0 aliphatic carbocycles. The summed E-state index contributed by atoms with van der Waals surface area (Å²) in [7, 11) is 1.97. The van der Waals surface area contributed by atoms with Gasteiger partial charge in [-0.15, -0.1) is 0 Å². The van der Waals surface area contributed by atoms with E-state index in [4.69, 9.17) is 4.74 Å². The van der Waals surface area contributed by atoms with Gasteiger partial charge >= 0.3 is 12.1 Å². The van der Waals surface area contributed by atoms with E-state index in [0.717, 1.165) is 0 Å². The second-order valence-corrected chi connectivity index (χ2v) is 7.07. The molecule has 6 nitrogen and oxygen atoms in total. The number of ether oxygens (including phenoxy) is 1. The van der Waals surface area contributed by atoms with Crippen LogP contribution < -0.4 is 0 Å². The van der Waals surface area contributed by atoms with Crippen molar-refractivity contribution < 1.29 is 19.4 Å². The van der Waals surface area contributed by atoms with Gasteiger partial charge in [-0.2, -0.15) is 0 Å². The summed E-state index contributed by atoms with van der Waals surface area (Å²) in [6.07, 6.45) is 0.124. The number of rotatable bonds is 3. The van der Waals surface area contributed by atoms with Crippen LogP contribution in [0.4, 0.5) is 4.79 Å². The molecule has 0 unspecified atom stereocenters. The predicted molar refractivity (Wildman–Crippen MR) is 80.2 cm³/mol. The number of amides is 1. The van der Waals surface area contributed by atoms with Crippen molar-refractivity contribution in [1.82, 2.24) is 9.80 Å². The van der Waals surface area contributed by atoms with E-state index in [-0.39, 0.29) is 12.6 Å². The maximum Gasteiger partial charge on any atom is 0.410 e. The van der Waals surface area contributed by atoms with E-state index in [0.29, 0.717) is 19.0 Å². The highest BCUT2D eigenvalue weighted by molar-refractivity contribution is 5.73. The zero-order chi connectivity index (χ0) is 16.4. The van der Waals surface area contributed by atoms with Gasteiger partial charge in [-0.05, 0) is 48.1 Å². The second-order valence-electron chi connectivity index (χ2n) is 7.07. The molecule has 1 saturated heterocycles. The molecular formula is C15H28N2O4. The van der Waals surface area contributed by atoms with E-state index in [2.05, 4.69) is 18.7 Å². The van der Waals surface area contributed by atoms with Crippen LogP contribution in [0.25, 0.3) is 0 Å². The van der Waals surface area contributed by atoms with Crippen LogP contribution in [-0.2, 0) is 9.53 Å². The number of likely N-dealkylation sites (N-methyl/N-ethyl adjacent to an activating group) is 1. The number of carboxylic acid groups (broad SMARTS) is 1. The first-order chi connectivity index (χ1) is 9.51. The molecule has 0 aromatic heterocycles. The van der Waals surface area contributed by atoms with Crippen LogP contribution in [-0.4, -0.2) is 64.8 Å². The molecule has 0 saturated carbocycles. The molecule has 122 valence electrons. The average molecular weight is 300 g/mol. The van der Waals surface area contributed by atoms with Gasteiger partial charge in [-0.1, -0.05) is 0 Å². The van der Waals surface area contributed by atoms with Crippen LogP contribution in [0.3, 0.4) is 0 Å². The third-order valence-electron chi connectivity index (χ3n) is 3.82. The summed E-state index contributed by atoms with van der Waals surface area (Å²) in [5.74, 6) is -1.40. The minimum atomic E-state index is -0.856. The first-order valence-corrected chi connectivity index (χ1v) is 7.44. The Bertz CT molecular complexity index is 390. The molecule has 1 heterocycles. The predicted octanol–water partition coefficient (Wildman–Crippen LogP) is 2.04. The number of carboxylic acids is 1. The minimum absolute atomic E-state index is 0.0346. The standard InChI is InChI=1S/C15H28N2O4/c1-10(2)16(6)12-7-11(13(18)19)8-17(9-12)14(20)21-15(3,4)5/h10-12H,7-9H2,1-6H3,(H,18,19)/t11-,12-/m1/s1. The van der Waals surface area contributed by atoms with E-state index in [1.807, 2.05) is 7.05 Å². The summed E-state index contributed by atoms with van der Waals surface area (Å²) in [5, 5.41) is 9.31. The molecule has 1 amide bonds. The molecule has 0 radical (unpaired) electrons. The Kier molecular flexibility index (Phi) is 5.61. The fourth-order valence-electron chi connectivity index (χ4n) is 2.44. The second kappa shape index (κ2) is 6.64. The summed E-state index contributed by atoms with van der Waals surface area (Å²) < 4.78 is 5.37. The smallest absolute Gasteiger partial charge is 0.410 e. The zero-order valence-electron chi connectivity index (χ0n) is 13.9. The zero-order valence-corrected chi connectivity index (χ0v) is 13.9. The van der Waals surface area contributed by atoms with Crippen LogP contribution in [0.2, 0.25) is 0 Å². The van der Waals surface area contributed by atoms with E-state index in [9.17, 15) is 14.7 Å². The van der Waals surface area contributed by atoms with Gasteiger partial charge in [-0.3, -0.25) is 9.69 Å². The monoisotopic (exact) mass is 300 g/mol. The Morgan fingerprint density at radius 2 is 1.86 bits per heavy atom. The number of carbonyl (C=O) groups is 2. The van der Waals surface area contributed by atoms with E-state index in [1.54, 1.807) is 20.8 Å². The lowest BCUT2D eigenvalue weighted by atomic mass is 9.93. The fourth-order valence-corrected chi connectivity index (χ4v) is 2.44. The Labute approximate surface area is 127 Å². The highest BCUT2D eigenvalue weighted by Crippen LogP contribution is 2.23. The highest BCUT2D eigenvalue weighted by atomic mass is 16.6. The summed E-state index contributed by atoms with van der Waals surface area (Å²) in [5.41, 5.74) is -0.577. The molecule has 6 heteroatoms. The molecule has 1 fully saturated rings. The highest BCUT2D eigenvalue weighted by Gasteiger charge is 2.37. The molecule has 1 aliphatic heterocycles. The number of aliphatic carboxylic acids is 1. The number of piperidine rings is 1. The van der Waals surface area contributed by atoms with Gasteiger partial charge in [0.15, 0.2) is 0 Å². The molecule has 1 N–H and O–H groups in total. The van der Waals surface area contributed by atoms with Gasteiger partial charge in [0.2, 0.25) is 0 Å². The molecular weight excluding hydrogens is 272 g/mol. The molecule has 1 rings (SSSR count). The van der Waals surface area contributed by atoms with Crippen molar-refractivity contribution in [2.45, 2.75) is 58.7 Å².